The standard InChI is InChI=1S/C35H35ClN6O3.C29H31ClN6O3.CH4.O2S/c1-35(2,3)45-34(44)41-18-10-11-23(21-41)32(43)38-24-12-9-13-25(19-24)39-33-37-20-29(36)31(40-33)28-22-42(26-14-5-4-6-15-26)30-17-8-7-16-27(28)30;1-29(2,3)39-28(38)36-13-7-8-18(17-36)26(37)33-19-9-6-10-20(14-19)34-27-32-16-23(30)25(35-27)22-15-31-24-12-5-4-11-21(22)24;;1-3-2/h4-9,12-17,19-20,22-23H,10-11,18,21H2,1-3H3,(H,38,43)(H,37,39,40);4-6,9-12,14-16,18,31H,7-8,13,17H2,1-3H3,(H,33,37)(H,32,34,35);1H4;/t23-;18-;;/m11../s1. The summed E-state index contributed by atoms with van der Waals surface area (Å²) in [5.74, 6) is -0.174. The molecule has 0 bridgehead atoms. The first-order chi connectivity index (χ1) is 41.7. The first-order valence-corrected chi connectivity index (χ1v) is 29.7. The molecule has 0 saturated carbocycles. The first-order valence-electron chi connectivity index (χ1n) is 28.2. The van der Waals surface area contributed by atoms with Crippen LogP contribution in [0.15, 0.2) is 152 Å². The summed E-state index contributed by atoms with van der Waals surface area (Å²) in [6.45, 7) is 12.8. The molecule has 0 unspecified atom stereocenters. The summed E-state index contributed by atoms with van der Waals surface area (Å²) < 4.78 is 29.7. The Labute approximate surface area is 524 Å². The fourth-order valence-electron chi connectivity index (χ4n) is 10.1. The van der Waals surface area contributed by atoms with Crippen LogP contribution in [0.1, 0.15) is 74.7 Å². The van der Waals surface area contributed by atoms with Gasteiger partial charge in [0.2, 0.25) is 23.7 Å². The number of hydrogen-bond acceptors (Lipinski definition) is 14. The van der Waals surface area contributed by atoms with Crippen LogP contribution in [0, 0.1) is 11.8 Å². The summed E-state index contributed by atoms with van der Waals surface area (Å²) in [5, 5.41) is 15.4. The lowest BCUT2D eigenvalue weighted by molar-refractivity contribution is -0.122. The number of halogens is 2. The number of fused-ring (bicyclic) bond motifs is 2. The molecule has 5 N–H and O–H groups in total. The number of aromatic nitrogens is 6. The van der Waals surface area contributed by atoms with Crippen molar-refractivity contribution in [2.45, 2.75) is 85.9 Å². The van der Waals surface area contributed by atoms with Crippen LogP contribution < -0.4 is 21.3 Å². The van der Waals surface area contributed by atoms with Crippen LogP contribution in [0.2, 0.25) is 10.0 Å². The van der Waals surface area contributed by atoms with Gasteiger partial charge >= 0.3 is 23.8 Å². The van der Waals surface area contributed by atoms with Crippen molar-refractivity contribution in [1.29, 1.82) is 0 Å². The number of aromatic amines is 1. The highest BCUT2D eigenvalue weighted by Crippen LogP contribution is 2.37. The molecule has 0 spiro atoms. The zero-order valence-electron chi connectivity index (χ0n) is 48.8. The van der Waals surface area contributed by atoms with Crippen molar-refractivity contribution in [3.8, 4) is 28.2 Å². The molecule has 4 amide bonds. The summed E-state index contributed by atoms with van der Waals surface area (Å²) in [5.41, 5.74) is 7.56. The quantitative estimate of drug-likeness (QED) is 0.0808. The largest absolute Gasteiger partial charge is 0.444 e. The average Bonchev–Trinajstić information content (AvgIpc) is 3.03. The molecule has 4 aromatic heterocycles. The Hall–Kier alpha value is -9.18. The average molecular weight is 1250 g/mol. The van der Waals surface area contributed by atoms with E-state index in [1.54, 1.807) is 22.2 Å². The number of anilines is 6. The van der Waals surface area contributed by atoms with Gasteiger partial charge in [0.25, 0.3) is 0 Å². The molecule has 2 aliphatic rings. The third-order valence-corrected chi connectivity index (χ3v) is 14.5. The smallest absolute Gasteiger partial charge is 0.410 e. The Bertz CT molecular complexity index is 3980. The molecule has 5 aromatic carbocycles. The van der Waals surface area contributed by atoms with Crippen LogP contribution >= 0.6 is 23.2 Å². The van der Waals surface area contributed by atoms with E-state index >= 15 is 0 Å². The molecule has 2 saturated heterocycles. The van der Waals surface area contributed by atoms with Gasteiger partial charge in [0.15, 0.2) is 0 Å². The second kappa shape index (κ2) is 29.0. The maximum absolute atomic E-state index is 13.2. The maximum atomic E-state index is 13.2. The normalized spacial score (nSPS) is 14.8. The third kappa shape index (κ3) is 16.9. The fraction of sp³-hybridized carbons (Fsp3) is 0.292. The van der Waals surface area contributed by atoms with Gasteiger partial charge in [-0.3, -0.25) is 9.59 Å². The van der Waals surface area contributed by atoms with E-state index in [0.29, 0.717) is 95.1 Å². The number of benzene rings is 5. The maximum Gasteiger partial charge on any atom is 0.410 e. The molecular formula is C65H70Cl2N12O8S. The van der Waals surface area contributed by atoms with E-state index in [1.807, 2.05) is 157 Å². The SMILES string of the molecule is C.CC(C)(C)OC(=O)N1CCC[C@@H](C(=O)Nc2cccc(Nc3ncc(Cl)c(-c4c[nH]c5ccccc45)n3)c2)C1.CC(C)(C)OC(=O)N1CCC[C@@H](C(=O)Nc2cccc(Nc3ncc(Cl)c(-c4cn(-c5ccccc5)c5ccccc45)n3)c2)C1.O=S=O. The van der Waals surface area contributed by atoms with E-state index in [-0.39, 0.29) is 37.2 Å². The minimum absolute atomic E-state index is 0. The molecule has 458 valence electrons. The number of amides is 4. The molecule has 2 atom stereocenters. The molecule has 88 heavy (non-hydrogen) atoms. The Balaban J connectivity index is 0.000000218. The van der Waals surface area contributed by atoms with Gasteiger partial charge in [0.05, 0.1) is 51.2 Å². The van der Waals surface area contributed by atoms with Crippen LogP contribution in [0.4, 0.5) is 44.2 Å². The van der Waals surface area contributed by atoms with Crippen LogP contribution in [-0.4, -0.2) is 109 Å². The molecule has 23 heteroatoms. The lowest BCUT2D eigenvalue weighted by atomic mass is 9.97. The monoisotopic (exact) mass is 1250 g/mol. The van der Waals surface area contributed by atoms with E-state index in [9.17, 15) is 19.2 Å². The molecule has 0 radical (unpaired) electrons. The third-order valence-electron chi connectivity index (χ3n) is 14.0. The van der Waals surface area contributed by atoms with Crippen molar-refractivity contribution in [2.24, 2.45) is 11.8 Å². The van der Waals surface area contributed by atoms with E-state index in [4.69, 9.17) is 46.1 Å². The van der Waals surface area contributed by atoms with Crippen molar-refractivity contribution >= 4 is 115 Å². The van der Waals surface area contributed by atoms with Crippen LogP contribution in [0.25, 0.3) is 50.0 Å². The lowest BCUT2D eigenvalue weighted by Gasteiger charge is -2.33. The number of H-pyrrole nitrogens is 1. The van der Waals surface area contributed by atoms with Crippen molar-refractivity contribution in [3.63, 3.8) is 0 Å². The van der Waals surface area contributed by atoms with Gasteiger partial charge in [-0.05, 0) is 128 Å². The summed E-state index contributed by atoms with van der Waals surface area (Å²) in [6.07, 6.45) is 9.19. The van der Waals surface area contributed by atoms with Gasteiger partial charge < -0.3 is 50.1 Å². The Kier molecular flexibility index (Phi) is 21.4. The zero-order chi connectivity index (χ0) is 61.8. The number of hydrogen-bond donors (Lipinski definition) is 5. The highest BCUT2D eigenvalue weighted by atomic mass is 35.5. The Morgan fingerprint density at radius 2 is 1.05 bits per heavy atom. The van der Waals surface area contributed by atoms with Crippen LogP contribution in [0.3, 0.4) is 0 Å². The second-order valence-electron chi connectivity index (χ2n) is 22.8. The van der Waals surface area contributed by atoms with Gasteiger partial charge in [-0.2, -0.15) is 8.42 Å². The molecule has 20 nitrogen and oxygen atoms in total. The molecule has 2 fully saturated rings. The first kappa shape index (κ1) is 64.8. The van der Waals surface area contributed by atoms with Crippen molar-refractivity contribution in [3.05, 3.63) is 162 Å². The number of para-hydroxylation sites is 3. The number of ether oxygens (including phenoxy) is 2. The second-order valence-corrected chi connectivity index (χ2v) is 23.7. The van der Waals surface area contributed by atoms with E-state index in [1.165, 1.54) is 0 Å². The fourth-order valence-corrected chi connectivity index (χ4v) is 10.5. The van der Waals surface area contributed by atoms with Crippen molar-refractivity contribution in [2.75, 3.05) is 47.4 Å². The number of piperidine rings is 2. The zero-order valence-corrected chi connectivity index (χ0v) is 51.1. The van der Waals surface area contributed by atoms with Crippen LogP contribution in [0.5, 0.6) is 0 Å². The van der Waals surface area contributed by atoms with Crippen LogP contribution in [-0.2, 0) is 30.6 Å². The van der Waals surface area contributed by atoms with E-state index in [2.05, 4.69) is 70.0 Å². The number of carbonyl (C=O) groups is 4. The van der Waals surface area contributed by atoms with Gasteiger partial charge in [-0.1, -0.05) is 97.4 Å². The molecule has 2 aliphatic heterocycles. The molecule has 11 rings (SSSR count). The molecule has 0 aliphatic carbocycles. The lowest BCUT2D eigenvalue weighted by Crippen LogP contribution is -2.45. The summed E-state index contributed by atoms with van der Waals surface area (Å²) in [4.78, 5) is 76.0. The predicted molar refractivity (Wildman–Crippen MR) is 347 cm³/mol. The van der Waals surface area contributed by atoms with Gasteiger partial charge in [-0.15, -0.1) is 0 Å². The minimum Gasteiger partial charge on any atom is -0.444 e. The summed E-state index contributed by atoms with van der Waals surface area (Å²) in [6, 6.07) is 40.9. The Morgan fingerprint density at radius 3 is 1.56 bits per heavy atom. The van der Waals surface area contributed by atoms with Gasteiger partial charge in [0, 0.05) is 94.4 Å². The van der Waals surface area contributed by atoms with Gasteiger partial charge in [0.1, 0.15) is 11.2 Å². The molecule has 6 heterocycles. The summed E-state index contributed by atoms with van der Waals surface area (Å²) in [7, 11) is 0. The van der Waals surface area contributed by atoms with E-state index in [0.717, 1.165) is 51.5 Å². The Morgan fingerprint density at radius 1 is 0.591 bits per heavy atom. The number of rotatable bonds is 11. The van der Waals surface area contributed by atoms with Gasteiger partial charge in [-0.25, -0.2) is 29.5 Å². The van der Waals surface area contributed by atoms with Crippen molar-refractivity contribution < 1.29 is 37.1 Å². The van der Waals surface area contributed by atoms with E-state index < -0.39 is 28.9 Å². The molecular weight excluding hydrogens is 1180 g/mol. The number of nitrogens with zero attached hydrogens (tertiary/aromatic N) is 7. The summed E-state index contributed by atoms with van der Waals surface area (Å²) >= 11 is 12.4. The number of nitrogens with one attached hydrogen (secondary N) is 5. The topological polar surface area (TPSA) is 248 Å². The predicted octanol–water partition coefficient (Wildman–Crippen LogP) is 14.6. The minimum atomic E-state index is -0.750. The highest BCUT2D eigenvalue weighted by molar-refractivity contribution is 7.51. The highest BCUT2D eigenvalue weighted by Gasteiger charge is 2.33. The van der Waals surface area contributed by atoms with Crippen molar-refractivity contribution in [1.82, 2.24) is 39.3 Å². The number of likely N-dealkylation sites (tertiary alicyclic amines) is 2. The molecule has 9 aromatic rings. The number of carbonyl (C=O) groups excluding carboxylic acids is 4.